The second kappa shape index (κ2) is 8.81. The van der Waals surface area contributed by atoms with Gasteiger partial charge >= 0.3 is 0 Å². The van der Waals surface area contributed by atoms with Crippen LogP contribution >= 0.6 is 0 Å². The molecule has 0 amide bonds. The van der Waals surface area contributed by atoms with Gasteiger partial charge in [0.25, 0.3) is 6.29 Å². The third-order valence-corrected chi connectivity index (χ3v) is 7.50. The smallest absolute Gasteiger partial charge is 0.283 e. The number of rotatable bonds is 9. The first-order chi connectivity index (χ1) is 15.2. The van der Waals surface area contributed by atoms with Crippen LogP contribution in [0.3, 0.4) is 0 Å². The zero-order valence-corrected chi connectivity index (χ0v) is 19.1. The molecule has 3 fully saturated rings. The average molecular weight is 422 g/mol. The molecule has 0 spiro atoms. The van der Waals surface area contributed by atoms with Gasteiger partial charge in [0.15, 0.2) is 0 Å². The molecular formula is C26H37N4O+. The molecule has 4 atom stereocenters. The number of methoxy groups -OCH3 is 1. The van der Waals surface area contributed by atoms with Crippen LogP contribution in [0.15, 0.2) is 48.5 Å². The molecule has 2 aromatic rings. The first kappa shape index (κ1) is 20.8. The number of fused-ring (bicyclic) bond motifs is 1. The Bertz CT molecular complexity index is 862. The van der Waals surface area contributed by atoms with E-state index in [0.29, 0.717) is 12.2 Å². The summed E-state index contributed by atoms with van der Waals surface area (Å²) in [5.74, 6) is 1.54. The second-order valence-electron chi connectivity index (χ2n) is 9.50. The molecule has 5 nitrogen and oxygen atoms in total. The van der Waals surface area contributed by atoms with Crippen molar-refractivity contribution >= 4 is 5.69 Å². The van der Waals surface area contributed by atoms with Crippen LogP contribution in [0.1, 0.15) is 43.2 Å². The van der Waals surface area contributed by atoms with E-state index in [1.165, 1.54) is 68.8 Å². The molecule has 4 unspecified atom stereocenters. The second-order valence-corrected chi connectivity index (χ2v) is 9.50. The van der Waals surface area contributed by atoms with E-state index in [-0.39, 0.29) is 0 Å². The van der Waals surface area contributed by atoms with Crippen molar-refractivity contribution in [3.05, 3.63) is 59.7 Å². The van der Waals surface area contributed by atoms with E-state index >= 15 is 0 Å². The van der Waals surface area contributed by atoms with Gasteiger partial charge in [0.05, 0.1) is 26.1 Å². The molecule has 0 radical (unpaired) electrons. The van der Waals surface area contributed by atoms with Crippen molar-refractivity contribution in [2.75, 3.05) is 51.7 Å². The molecule has 5 heteroatoms. The first-order valence-corrected chi connectivity index (χ1v) is 12.1. The van der Waals surface area contributed by atoms with E-state index in [1.807, 2.05) is 0 Å². The van der Waals surface area contributed by atoms with Crippen LogP contribution in [0.2, 0.25) is 0 Å². The highest BCUT2D eigenvalue weighted by atomic mass is 16.5. The Hall–Kier alpha value is -2.08. The molecule has 5 rings (SSSR count). The maximum Gasteiger partial charge on any atom is 0.283 e. The minimum Gasteiger partial charge on any atom is -0.497 e. The van der Waals surface area contributed by atoms with E-state index in [1.54, 1.807) is 7.11 Å². The van der Waals surface area contributed by atoms with Crippen molar-refractivity contribution in [2.24, 2.45) is 0 Å². The summed E-state index contributed by atoms with van der Waals surface area (Å²) in [5, 5.41) is 6.46. The lowest BCUT2D eigenvalue weighted by atomic mass is 9.99. The number of hydrogen-bond acceptors (Lipinski definition) is 4. The fourth-order valence-electron chi connectivity index (χ4n) is 5.73. The number of hydrogen-bond donors (Lipinski definition) is 1. The number of anilines is 1. The zero-order valence-electron chi connectivity index (χ0n) is 19.1. The largest absolute Gasteiger partial charge is 0.497 e. The lowest BCUT2D eigenvalue weighted by molar-refractivity contribution is -0.863. The van der Waals surface area contributed by atoms with Crippen LogP contribution in [-0.4, -0.2) is 67.2 Å². The maximum absolute atomic E-state index is 5.33. The van der Waals surface area contributed by atoms with Gasteiger partial charge in [-0.3, -0.25) is 0 Å². The molecule has 3 heterocycles. The highest BCUT2D eigenvalue weighted by Gasteiger charge is 2.70. The third kappa shape index (κ3) is 4.19. The predicted octanol–water partition coefficient (Wildman–Crippen LogP) is 4.28. The quantitative estimate of drug-likeness (QED) is 0.483. The molecule has 0 aliphatic carbocycles. The van der Waals surface area contributed by atoms with E-state index < -0.39 is 0 Å². The van der Waals surface area contributed by atoms with Gasteiger partial charge in [0.1, 0.15) is 12.3 Å². The fourth-order valence-corrected chi connectivity index (χ4v) is 5.73. The monoisotopic (exact) mass is 421 g/mol. The molecule has 166 valence electrons. The van der Waals surface area contributed by atoms with Gasteiger partial charge in [0, 0.05) is 12.2 Å². The van der Waals surface area contributed by atoms with Gasteiger partial charge in [-0.05, 0) is 74.2 Å². The molecule has 0 saturated carbocycles. The van der Waals surface area contributed by atoms with Gasteiger partial charge in [-0.15, -0.1) is 0 Å². The summed E-state index contributed by atoms with van der Waals surface area (Å²) in [7, 11) is 1.73. The molecule has 2 aromatic carbocycles. The van der Waals surface area contributed by atoms with Crippen molar-refractivity contribution in [3.63, 3.8) is 0 Å². The van der Waals surface area contributed by atoms with Crippen LogP contribution in [0.4, 0.5) is 5.69 Å². The minimum atomic E-state index is 0.421. The highest BCUT2D eigenvalue weighted by Crippen LogP contribution is 2.48. The fraction of sp³-hybridized carbons (Fsp3) is 0.538. The number of ether oxygens (including phenoxy) is 1. The summed E-state index contributed by atoms with van der Waals surface area (Å²) in [4.78, 5) is 2.59. The number of nitrogens with one attached hydrogen (secondary N) is 1. The summed E-state index contributed by atoms with van der Waals surface area (Å²) in [6.45, 7) is 9.59. The normalized spacial score (nSPS) is 29.7. The van der Waals surface area contributed by atoms with Crippen molar-refractivity contribution in [1.82, 2.24) is 9.91 Å². The predicted molar refractivity (Wildman–Crippen MR) is 126 cm³/mol. The van der Waals surface area contributed by atoms with Crippen molar-refractivity contribution < 1.29 is 9.33 Å². The summed E-state index contributed by atoms with van der Waals surface area (Å²) < 4.78 is 6.41. The van der Waals surface area contributed by atoms with E-state index in [0.717, 1.165) is 23.3 Å². The van der Waals surface area contributed by atoms with Crippen molar-refractivity contribution in [1.29, 1.82) is 0 Å². The topological polar surface area (TPSA) is 27.5 Å². The Labute approximate surface area is 187 Å². The third-order valence-electron chi connectivity index (χ3n) is 7.50. The Balaban J connectivity index is 1.18. The SMILES string of the molecule is CCC[N+]12CC(c3ccc(OC)cc3)CN1C2Nc1ccc(CCN2CCCC2)cc1. The molecule has 3 saturated heterocycles. The van der Waals surface area contributed by atoms with Gasteiger partial charge in [-0.2, -0.15) is 4.59 Å². The summed E-state index contributed by atoms with van der Waals surface area (Å²) in [5.41, 5.74) is 4.13. The lowest BCUT2D eigenvalue weighted by Gasteiger charge is -2.18. The van der Waals surface area contributed by atoms with Crippen LogP contribution in [0.5, 0.6) is 5.75 Å². The van der Waals surface area contributed by atoms with Gasteiger partial charge in [-0.1, -0.05) is 36.2 Å². The van der Waals surface area contributed by atoms with Crippen LogP contribution < -0.4 is 10.1 Å². The molecule has 3 aliphatic heterocycles. The first-order valence-electron chi connectivity index (χ1n) is 12.1. The minimum absolute atomic E-state index is 0.421. The molecule has 31 heavy (non-hydrogen) atoms. The summed E-state index contributed by atoms with van der Waals surface area (Å²) >= 11 is 0. The lowest BCUT2D eigenvalue weighted by Crippen LogP contribution is -2.34. The Kier molecular flexibility index (Phi) is 5.91. The van der Waals surface area contributed by atoms with E-state index in [4.69, 9.17) is 4.74 Å². The summed E-state index contributed by atoms with van der Waals surface area (Å²) in [6, 6.07) is 17.8. The zero-order chi connectivity index (χ0) is 21.3. The van der Waals surface area contributed by atoms with Crippen molar-refractivity contribution in [2.45, 2.75) is 44.8 Å². The van der Waals surface area contributed by atoms with Gasteiger partial charge in [0.2, 0.25) is 0 Å². The molecular weight excluding hydrogens is 384 g/mol. The number of quaternary nitrogens is 1. The van der Waals surface area contributed by atoms with Gasteiger partial charge < -0.3 is 15.0 Å². The molecule has 0 aromatic heterocycles. The summed E-state index contributed by atoms with van der Waals surface area (Å²) in [6.07, 6.45) is 5.54. The highest BCUT2D eigenvalue weighted by molar-refractivity contribution is 5.45. The number of nitrogens with zero attached hydrogens (tertiary/aromatic N) is 3. The van der Waals surface area contributed by atoms with Gasteiger partial charge in [-0.25, -0.2) is 0 Å². The number of likely N-dealkylation sites (tertiary alicyclic amines) is 1. The van der Waals surface area contributed by atoms with Crippen molar-refractivity contribution in [3.8, 4) is 5.75 Å². The molecule has 3 aliphatic rings. The standard InChI is InChI=1S/C26H37N4O/c1-3-18-30-20-23(22-8-12-25(31-2)13-9-22)19-29(30)26(30)27-24-10-6-21(7-11-24)14-17-28-15-4-5-16-28/h6-13,23,26-27H,3-5,14-20H2,1-2H3/q+1. The maximum atomic E-state index is 5.33. The Morgan fingerprint density at radius 3 is 2.45 bits per heavy atom. The van der Waals surface area contributed by atoms with E-state index in [2.05, 4.69) is 70.7 Å². The molecule has 0 bridgehead atoms. The Morgan fingerprint density at radius 1 is 1.03 bits per heavy atom. The van der Waals surface area contributed by atoms with Crippen LogP contribution in [0, 0.1) is 0 Å². The average Bonchev–Trinajstić information content (AvgIpc) is 3.21. The Morgan fingerprint density at radius 2 is 1.77 bits per heavy atom. The molecule has 1 N–H and O–H groups in total. The van der Waals surface area contributed by atoms with Crippen LogP contribution in [0.25, 0.3) is 0 Å². The van der Waals surface area contributed by atoms with Crippen LogP contribution in [-0.2, 0) is 6.42 Å². The number of benzene rings is 2. The van der Waals surface area contributed by atoms with E-state index in [9.17, 15) is 0 Å².